The number of nitrogens with one attached hydrogen (secondary N) is 2. The first-order chi connectivity index (χ1) is 23.9. The van der Waals surface area contributed by atoms with Crippen LogP contribution in [0.1, 0.15) is 33.6 Å². The number of aryl methyl sites for hydroxylation is 1. The van der Waals surface area contributed by atoms with E-state index in [9.17, 15) is 34.8 Å². The minimum atomic E-state index is -3.75. The molecule has 0 unspecified atom stereocenters. The lowest BCUT2D eigenvalue weighted by Crippen LogP contribution is -2.60. The number of rotatable bonds is 11. The molecule has 5 atom stereocenters. The number of aliphatic hydroxyl groups is 3. The van der Waals surface area contributed by atoms with Gasteiger partial charge < -0.3 is 45.5 Å². The van der Waals surface area contributed by atoms with E-state index in [1.54, 1.807) is 41.9 Å². The summed E-state index contributed by atoms with van der Waals surface area (Å²) in [6, 6.07) is 15.2. The zero-order chi connectivity index (χ0) is 37.4. The Morgan fingerprint density at radius 2 is 1.81 bits per heavy atom. The molecule has 1 fully saturated rings. The van der Waals surface area contributed by atoms with Gasteiger partial charge in [0.15, 0.2) is 6.10 Å². The third kappa shape index (κ3) is 7.20. The molecule has 246 valence electrons. The molecule has 0 saturated carbocycles. The number of benzene rings is 2. The molecule has 3 heterocycles. The summed E-state index contributed by atoms with van der Waals surface area (Å²) in [5, 5.41) is 50.2. The number of imidazole rings is 1. The summed E-state index contributed by atoms with van der Waals surface area (Å²) in [7, 11) is 1.75. The van der Waals surface area contributed by atoms with Crippen LogP contribution in [0.2, 0.25) is 0 Å². The van der Waals surface area contributed by atoms with Gasteiger partial charge in [0.05, 0.1) is 26.7 Å². The average molecular weight is 652 g/mol. The second-order valence-corrected chi connectivity index (χ2v) is 10.3. The zero-order valence-electron chi connectivity index (χ0n) is 28.6. The molecule has 8 N–H and O–H groups in total. The highest BCUT2D eigenvalue weighted by Crippen LogP contribution is 2.24. The van der Waals surface area contributed by atoms with E-state index in [1.165, 1.54) is 36.5 Å². The number of aliphatic hydroxyl groups excluding tert-OH is 3. The molecule has 1 saturated heterocycles. The molecule has 16 heteroatoms. The lowest BCUT2D eigenvalue weighted by molar-refractivity contribution is -0.286. The number of nitrogens with zero attached hydrogens (tertiary/aromatic N) is 4. The summed E-state index contributed by atoms with van der Waals surface area (Å²) < 4.78 is 46.0. The van der Waals surface area contributed by atoms with Crippen LogP contribution in [0.5, 0.6) is 0 Å². The van der Waals surface area contributed by atoms with Gasteiger partial charge in [-0.15, -0.1) is 0 Å². The third-order valence-corrected chi connectivity index (χ3v) is 7.25. The van der Waals surface area contributed by atoms with Crippen molar-refractivity contribution < 1.29 is 49.8 Å². The first-order valence-corrected chi connectivity index (χ1v) is 14.0. The molecule has 1 aliphatic heterocycles. The first-order valence-electron chi connectivity index (χ1n) is 16.0. The summed E-state index contributed by atoms with van der Waals surface area (Å²) in [4.78, 5) is 47.6. The Morgan fingerprint density at radius 1 is 1.09 bits per heavy atom. The molecule has 1 amide bonds. The van der Waals surface area contributed by atoms with Crippen molar-refractivity contribution in [3.8, 4) is 0 Å². The molecular formula is C31H33N7O9. The normalized spacial score (nSPS) is 22.7. The highest BCUT2D eigenvalue weighted by molar-refractivity contribution is 6.07. The van der Waals surface area contributed by atoms with Crippen LogP contribution < -0.4 is 16.0 Å². The summed E-state index contributed by atoms with van der Waals surface area (Å²) in [5.41, 5.74) is 7.56. The second kappa shape index (κ2) is 13.9. The fourth-order valence-corrected chi connectivity index (χ4v) is 4.70. The van der Waals surface area contributed by atoms with Crippen molar-refractivity contribution in [1.29, 1.82) is 5.41 Å². The molecule has 5 rings (SSSR count). The monoisotopic (exact) mass is 651 g/mol. The molecule has 0 aliphatic carbocycles. The first kappa shape index (κ1) is 27.9. The van der Waals surface area contributed by atoms with Crippen LogP contribution in [0.3, 0.4) is 0 Å². The number of esters is 1. The van der Waals surface area contributed by atoms with Gasteiger partial charge in [-0.2, -0.15) is 0 Å². The number of carbonyl (C=O) groups excluding carboxylic acids is 2. The summed E-state index contributed by atoms with van der Waals surface area (Å²) in [6.45, 7) is -3.33. The fraction of sp³-hybridized carbons (Fsp3) is 0.290. The molecule has 0 bridgehead atoms. The van der Waals surface area contributed by atoms with Crippen molar-refractivity contribution >= 4 is 46.2 Å². The maximum absolute atomic E-state index is 14.1. The molecule has 0 radical (unpaired) electrons. The number of ether oxygens (including phenoxy) is 2. The fourth-order valence-electron chi connectivity index (χ4n) is 4.70. The quantitative estimate of drug-likeness (QED) is 0.0658. The molecule has 1 aliphatic rings. The van der Waals surface area contributed by atoms with Gasteiger partial charge in [0.2, 0.25) is 6.29 Å². The van der Waals surface area contributed by atoms with Crippen LogP contribution in [-0.4, -0.2) is 95.8 Å². The highest BCUT2D eigenvalue weighted by Gasteiger charge is 2.48. The maximum Gasteiger partial charge on any atom is 0.335 e. The van der Waals surface area contributed by atoms with Gasteiger partial charge in [-0.1, -0.05) is 6.07 Å². The molecule has 47 heavy (non-hydrogen) atoms. The molecular weight excluding hydrogens is 614 g/mol. The predicted octanol–water partition coefficient (Wildman–Crippen LogP) is 0.337. The number of carboxylic acids is 1. The molecule has 2 aromatic heterocycles. The summed E-state index contributed by atoms with van der Waals surface area (Å²) in [6.07, 6.45) is -13.6. The number of aliphatic carboxylic acids is 1. The molecule has 4 aromatic rings. The predicted molar refractivity (Wildman–Crippen MR) is 166 cm³/mol. The van der Waals surface area contributed by atoms with Gasteiger partial charge in [0.25, 0.3) is 5.91 Å². The Kier molecular flexibility index (Phi) is 8.25. The van der Waals surface area contributed by atoms with E-state index in [2.05, 4.69) is 15.3 Å². The number of amides is 1. The highest BCUT2D eigenvalue weighted by atomic mass is 16.7. The average Bonchev–Trinajstić information content (AvgIpc) is 3.41. The summed E-state index contributed by atoms with van der Waals surface area (Å²) >= 11 is 0. The number of hydrogen-bond donors (Lipinski definition) is 7. The number of fused-ring (bicyclic) bond motifs is 1. The number of carboxylic acid groups (broad SMARTS) is 1. The number of nitrogen functional groups attached to an aromatic ring is 1. The number of pyridine rings is 1. The van der Waals surface area contributed by atoms with Crippen LogP contribution in [0, 0.1) is 5.41 Å². The van der Waals surface area contributed by atoms with Gasteiger partial charge >= 0.3 is 11.9 Å². The summed E-state index contributed by atoms with van der Waals surface area (Å²) in [5.74, 6) is -4.88. The smallest absolute Gasteiger partial charge is 0.335 e. The Bertz CT molecular complexity index is 1960. The zero-order valence-corrected chi connectivity index (χ0v) is 24.6. The van der Waals surface area contributed by atoms with E-state index >= 15 is 0 Å². The van der Waals surface area contributed by atoms with Crippen LogP contribution in [0.25, 0.3) is 11.0 Å². The van der Waals surface area contributed by atoms with E-state index in [0.29, 0.717) is 27.3 Å². The van der Waals surface area contributed by atoms with Crippen molar-refractivity contribution in [2.75, 3.05) is 16.7 Å². The van der Waals surface area contributed by atoms with Gasteiger partial charge in [-0.3, -0.25) is 19.9 Å². The van der Waals surface area contributed by atoms with Crippen LogP contribution >= 0.6 is 0 Å². The largest absolute Gasteiger partial charge is 0.479 e. The molecule has 0 spiro atoms. The number of hydrogen-bond acceptors (Lipinski definition) is 12. The van der Waals surface area contributed by atoms with Crippen molar-refractivity contribution in [2.45, 2.75) is 43.6 Å². The van der Waals surface area contributed by atoms with Crippen molar-refractivity contribution in [1.82, 2.24) is 14.5 Å². The van der Waals surface area contributed by atoms with Gasteiger partial charge in [0.1, 0.15) is 35.8 Å². The number of nitrogens with two attached hydrogens (primary N) is 1. The van der Waals surface area contributed by atoms with Gasteiger partial charge in [0, 0.05) is 39.3 Å². The van der Waals surface area contributed by atoms with Gasteiger partial charge in [-0.25, -0.2) is 14.8 Å². The lowest BCUT2D eigenvalue weighted by atomic mass is 9.99. The van der Waals surface area contributed by atoms with E-state index in [0.717, 1.165) is 5.69 Å². The minimum Gasteiger partial charge on any atom is -0.479 e. The Balaban J connectivity index is 1.43. The van der Waals surface area contributed by atoms with E-state index in [1.807, 2.05) is 0 Å². The van der Waals surface area contributed by atoms with Crippen LogP contribution in [0.15, 0.2) is 66.9 Å². The maximum atomic E-state index is 14.1. The third-order valence-electron chi connectivity index (χ3n) is 7.25. The standard InChI is InChI=1S/C31H33N7O9/c1-37-20-10-7-17(14-19(20)36-22(37)15-35-18-8-5-16(6-9-18)28(32)33)29(43)38(21-4-2-3-12-34-21)13-11-23(39)46-31-26(42)24(40)25(41)27(47-31)30(44)45/h2-10,12,14,24-27,31,35,40-42H,11,13,15H2,1H3,(H3,32,33)(H,44,45)/t24-,25-,26+,27-,31+/m0/s1/i11D2,13D2. The van der Waals surface area contributed by atoms with Crippen molar-refractivity contribution in [2.24, 2.45) is 12.8 Å². The number of aromatic nitrogens is 3. The number of anilines is 2. The minimum absolute atomic E-state index is 0.0696. The SMILES string of the molecule is [2H]C([2H])(C(=O)O[C@@H]1O[C@H](C(=O)O)[C@@H](O)[C@H](O)[C@H]1O)C([2H])([2H])N(C(=O)c1ccc2c(c1)nc(CNc1ccc(C(=N)N)cc1)n2C)c1ccccn1. The Morgan fingerprint density at radius 3 is 2.47 bits per heavy atom. The van der Waals surface area contributed by atoms with E-state index < -0.39 is 67.2 Å². The second-order valence-electron chi connectivity index (χ2n) is 10.3. The van der Waals surface area contributed by atoms with Crippen molar-refractivity contribution in [3.63, 3.8) is 0 Å². The Labute approximate surface area is 273 Å². The lowest BCUT2D eigenvalue weighted by Gasteiger charge is -2.38. The van der Waals surface area contributed by atoms with Gasteiger partial charge in [-0.05, 0) is 54.6 Å². The van der Waals surface area contributed by atoms with Crippen molar-refractivity contribution in [3.05, 3.63) is 83.8 Å². The van der Waals surface area contributed by atoms with E-state index in [-0.39, 0.29) is 17.9 Å². The number of amidine groups is 1. The molecule has 16 nitrogen and oxygen atoms in total. The topological polar surface area (TPSA) is 246 Å². The molecule has 2 aromatic carbocycles. The van der Waals surface area contributed by atoms with Crippen LogP contribution in [-0.2, 0) is 32.7 Å². The van der Waals surface area contributed by atoms with E-state index in [4.69, 9.17) is 26.1 Å². The van der Waals surface area contributed by atoms with Crippen LogP contribution in [0.4, 0.5) is 11.5 Å². The Hall–Kier alpha value is -5.42. The number of carbonyl (C=O) groups is 3.